The first-order valence-electron chi connectivity index (χ1n) is 19.7. The van der Waals surface area contributed by atoms with Crippen LogP contribution in [0, 0.1) is 0 Å². The summed E-state index contributed by atoms with van der Waals surface area (Å²) in [4.78, 5) is 15.9. The lowest BCUT2D eigenvalue weighted by molar-refractivity contribution is 0.954. The Balaban J connectivity index is 1.18. The van der Waals surface area contributed by atoms with Gasteiger partial charge in [0.1, 0.15) is 0 Å². The van der Waals surface area contributed by atoms with Gasteiger partial charge in [0.05, 0.1) is 27.8 Å². The Labute approximate surface area is 332 Å². The molecule has 5 nitrogen and oxygen atoms in total. The molecule has 0 radical (unpaired) electrons. The molecule has 0 aliphatic carbocycles. The average Bonchev–Trinajstić information content (AvgIpc) is 3.76. The van der Waals surface area contributed by atoms with Crippen LogP contribution in [0.15, 0.2) is 188 Å². The zero-order valence-corrected chi connectivity index (χ0v) is 31.1. The van der Waals surface area contributed by atoms with E-state index in [2.05, 4.69) is 179 Å². The van der Waals surface area contributed by atoms with E-state index in [-0.39, 0.29) is 0 Å². The highest BCUT2D eigenvalue weighted by Gasteiger charge is 2.29. The Bertz CT molecular complexity index is 3690. The Hall–Kier alpha value is -7.89. The molecule has 5 heteroatoms. The molecule has 268 valence electrons. The van der Waals surface area contributed by atoms with Crippen LogP contribution in [0.3, 0.4) is 0 Å². The molecule has 4 heterocycles. The molecule has 12 aromatic rings. The van der Waals surface area contributed by atoms with Gasteiger partial charge in [0, 0.05) is 43.8 Å². The summed E-state index contributed by atoms with van der Waals surface area (Å²) in [5.41, 5.74) is 12.4. The maximum Gasteiger partial charge on any atom is 0.238 e. The highest BCUT2D eigenvalue weighted by atomic mass is 15.2. The summed E-state index contributed by atoms with van der Waals surface area (Å²) in [5, 5.41) is 9.47. The van der Waals surface area contributed by atoms with E-state index in [1.165, 1.54) is 76.7 Å². The third-order valence-corrected chi connectivity index (χ3v) is 12.1. The van der Waals surface area contributed by atoms with Gasteiger partial charge < -0.3 is 4.57 Å². The number of hydrogen-bond donors (Lipinski definition) is 0. The molecule has 0 amide bonds. The topological polar surface area (TPSA) is 48.5 Å². The van der Waals surface area contributed by atoms with E-state index in [0.29, 0.717) is 17.6 Å². The zero-order chi connectivity index (χ0) is 37.9. The molecule has 0 saturated heterocycles. The van der Waals surface area contributed by atoms with Crippen molar-refractivity contribution in [2.75, 3.05) is 0 Å². The number of fused-ring (bicyclic) bond motifs is 15. The minimum Gasteiger partial charge on any atom is -0.308 e. The molecule has 0 unspecified atom stereocenters. The molecule has 9 aromatic carbocycles. The summed E-state index contributed by atoms with van der Waals surface area (Å²) < 4.78 is 4.75. The van der Waals surface area contributed by atoms with E-state index in [4.69, 9.17) is 15.0 Å². The van der Waals surface area contributed by atoms with Gasteiger partial charge in [0.15, 0.2) is 11.6 Å². The summed E-state index contributed by atoms with van der Waals surface area (Å²) in [5.74, 6) is 1.83. The Morgan fingerprint density at radius 1 is 0.345 bits per heavy atom. The fraction of sp³-hybridized carbons (Fsp3) is 0. The normalized spacial score (nSPS) is 12.1. The van der Waals surface area contributed by atoms with Crippen molar-refractivity contribution in [3.8, 4) is 56.7 Å². The van der Waals surface area contributed by atoms with Crippen molar-refractivity contribution in [3.63, 3.8) is 0 Å². The fourth-order valence-electron chi connectivity index (χ4n) is 9.58. The maximum absolute atomic E-state index is 5.41. The number of benzene rings is 9. The second-order valence-corrected chi connectivity index (χ2v) is 15.2. The minimum atomic E-state index is 0.577. The number of para-hydroxylation sites is 3. The van der Waals surface area contributed by atoms with Crippen LogP contribution in [0.5, 0.6) is 0 Å². The van der Waals surface area contributed by atoms with Gasteiger partial charge in [-0.05, 0) is 63.0 Å². The molecule has 0 bridgehead atoms. The summed E-state index contributed by atoms with van der Waals surface area (Å²) in [6.45, 7) is 0. The third kappa shape index (κ3) is 4.33. The van der Waals surface area contributed by atoms with Crippen LogP contribution in [0.2, 0.25) is 0 Å². The van der Waals surface area contributed by atoms with Gasteiger partial charge in [-0.25, -0.2) is 4.98 Å². The summed E-state index contributed by atoms with van der Waals surface area (Å²) >= 11 is 0. The Kier molecular flexibility index (Phi) is 6.38. The van der Waals surface area contributed by atoms with Gasteiger partial charge in [0.25, 0.3) is 0 Å². The molecule has 0 N–H and O–H groups in total. The number of nitrogens with zero attached hydrogens (tertiary/aromatic N) is 5. The first kappa shape index (κ1) is 31.3. The molecule has 58 heavy (non-hydrogen) atoms. The number of rotatable bonds is 3. The first-order chi connectivity index (χ1) is 28.8. The first-order valence-corrected chi connectivity index (χ1v) is 19.7. The van der Waals surface area contributed by atoms with E-state index >= 15 is 0 Å². The van der Waals surface area contributed by atoms with Gasteiger partial charge in [-0.15, -0.1) is 0 Å². The fourth-order valence-corrected chi connectivity index (χ4v) is 9.58. The predicted molar refractivity (Wildman–Crippen MR) is 239 cm³/mol. The number of aromatic nitrogens is 5. The summed E-state index contributed by atoms with van der Waals surface area (Å²) in [6, 6.07) is 67.3. The summed E-state index contributed by atoms with van der Waals surface area (Å²) in [6.07, 6.45) is 0. The number of hydrogen-bond acceptors (Lipinski definition) is 3. The van der Waals surface area contributed by atoms with Gasteiger partial charge in [-0.1, -0.05) is 158 Å². The smallest absolute Gasteiger partial charge is 0.238 e. The Morgan fingerprint density at radius 2 is 0.948 bits per heavy atom. The van der Waals surface area contributed by atoms with Crippen molar-refractivity contribution in [3.05, 3.63) is 188 Å². The van der Waals surface area contributed by atoms with E-state index in [9.17, 15) is 0 Å². The van der Waals surface area contributed by atoms with Gasteiger partial charge in [0.2, 0.25) is 5.95 Å². The molecule has 1 aliphatic rings. The van der Waals surface area contributed by atoms with Crippen molar-refractivity contribution < 1.29 is 0 Å². The zero-order valence-electron chi connectivity index (χ0n) is 31.1. The van der Waals surface area contributed by atoms with Gasteiger partial charge in [-0.3, -0.25) is 4.57 Å². The van der Waals surface area contributed by atoms with Crippen molar-refractivity contribution in [2.24, 2.45) is 0 Å². The van der Waals surface area contributed by atoms with Crippen LogP contribution < -0.4 is 0 Å². The lowest BCUT2D eigenvalue weighted by Gasteiger charge is -2.13. The standard InChI is InChI=1S/C53H31N5/c1-2-15-34(16-3-1)51-54-52(35-29-28-33-27-26-32-14-4-5-17-36(32)42(33)30-35)56-53(55-51)58-46-25-13-10-22-41(46)48-47(58)31-43-39-20-9-12-24-45(39)57-44-23-11-8-19-38(44)37-18-6-7-21-40(37)49(48)50(43)57/h1-31H. The molecule has 0 atom stereocenters. The lowest BCUT2D eigenvalue weighted by Crippen LogP contribution is -2.06. The second-order valence-electron chi connectivity index (χ2n) is 15.2. The van der Waals surface area contributed by atoms with Crippen molar-refractivity contribution in [1.82, 2.24) is 24.1 Å². The molecular formula is C53H31N5. The average molecular weight is 738 g/mol. The van der Waals surface area contributed by atoms with Crippen LogP contribution in [-0.4, -0.2) is 24.1 Å². The highest BCUT2D eigenvalue weighted by molar-refractivity contribution is 6.28. The quantitative estimate of drug-likeness (QED) is 0.170. The van der Waals surface area contributed by atoms with E-state index in [0.717, 1.165) is 27.5 Å². The second kappa shape index (κ2) is 11.8. The monoisotopic (exact) mass is 737 g/mol. The van der Waals surface area contributed by atoms with Crippen LogP contribution >= 0.6 is 0 Å². The van der Waals surface area contributed by atoms with Gasteiger partial charge >= 0.3 is 0 Å². The molecular weight excluding hydrogens is 707 g/mol. The van der Waals surface area contributed by atoms with Crippen LogP contribution in [0.4, 0.5) is 0 Å². The minimum absolute atomic E-state index is 0.577. The van der Waals surface area contributed by atoms with E-state index in [1.54, 1.807) is 0 Å². The van der Waals surface area contributed by atoms with Crippen LogP contribution in [0.25, 0.3) is 122 Å². The summed E-state index contributed by atoms with van der Waals surface area (Å²) in [7, 11) is 0. The third-order valence-electron chi connectivity index (χ3n) is 12.1. The van der Waals surface area contributed by atoms with Crippen molar-refractivity contribution in [2.45, 2.75) is 0 Å². The largest absolute Gasteiger partial charge is 0.308 e. The predicted octanol–water partition coefficient (Wildman–Crippen LogP) is 13.4. The highest BCUT2D eigenvalue weighted by Crippen LogP contribution is 2.51. The molecule has 3 aromatic heterocycles. The van der Waals surface area contributed by atoms with Crippen LogP contribution in [-0.2, 0) is 0 Å². The lowest BCUT2D eigenvalue weighted by atomic mass is 9.91. The van der Waals surface area contributed by atoms with Crippen molar-refractivity contribution in [1.29, 1.82) is 0 Å². The van der Waals surface area contributed by atoms with E-state index in [1.807, 2.05) is 18.2 Å². The molecule has 13 rings (SSSR count). The maximum atomic E-state index is 5.41. The van der Waals surface area contributed by atoms with E-state index < -0.39 is 0 Å². The molecule has 0 spiro atoms. The SMILES string of the molecule is c1ccc(-c2nc(-c3ccc4ccc5ccccc5c4c3)nc(-n3c4ccccc4c4c5c6c(cc43)c3ccccc3n6-c3ccccc3-c3ccccc3-5)n2)cc1. The molecule has 0 saturated carbocycles. The Morgan fingerprint density at radius 3 is 1.78 bits per heavy atom. The van der Waals surface area contributed by atoms with Crippen molar-refractivity contribution >= 4 is 65.2 Å². The van der Waals surface area contributed by atoms with Crippen LogP contribution in [0.1, 0.15) is 0 Å². The van der Waals surface area contributed by atoms with Gasteiger partial charge in [-0.2, -0.15) is 9.97 Å². The molecule has 1 aliphatic heterocycles. The molecule has 0 fully saturated rings.